The Morgan fingerprint density at radius 3 is 2.48 bits per heavy atom. The average Bonchev–Trinajstić information content (AvgIpc) is 2.59. The molecule has 0 atom stereocenters. The van der Waals surface area contributed by atoms with Gasteiger partial charge in [0, 0.05) is 6.07 Å². The first-order chi connectivity index (χ1) is 11.8. The van der Waals surface area contributed by atoms with Gasteiger partial charge in [0.2, 0.25) is 0 Å². The Bertz CT molecular complexity index is 812. The highest BCUT2D eigenvalue weighted by Crippen LogP contribution is 2.36. The first kappa shape index (κ1) is 18.1. The van der Waals surface area contributed by atoms with Crippen LogP contribution in [-0.4, -0.2) is 19.7 Å². The molecule has 25 heavy (non-hydrogen) atoms. The predicted molar refractivity (Wildman–Crippen MR) is 80.3 cm³/mol. The van der Waals surface area contributed by atoms with Crippen LogP contribution in [0.15, 0.2) is 42.5 Å². The number of methoxy groups -OCH3 is 1. The van der Waals surface area contributed by atoms with Gasteiger partial charge in [0.05, 0.1) is 24.3 Å². The van der Waals surface area contributed by atoms with Crippen molar-refractivity contribution < 1.29 is 32.2 Å². The third-order valence-electron chi connectivity index (χ3n) is 3.05. The molecule has 2 rings (SSSR count). The number of nitriles is 1. The van der Waals surface area contributed by atoms with E-state index in [0.29, 0.717) is 5.56 Å². The third-order valence-corrected chi connectivity index (χ3v) is 3.05. The molecular weight excluding hydrogens is 339 g/mol. The van der Waals surface area contributed by atoms with Gasteiger partial charge < -0.3 is 14.2 Å². The molecule has 0 aliphatic carbocycles. The maximum absolute atomic E-state index is 12.9. The molecule has 2 aromatic rings. The molecule has 2 aromatic carbocycles. The van der Waals surface area contributed by atoms with Crippen molar-refractivity contribution in [3.63, 3.8) is 0 Å². The molecule has 0 unspecified atom stereocenters. The minimum absolute atomic E-state index is 0.0270. The lowest BCUT2D eigenvalue weighted by Crippen LogP contribution is -2.19. The Morgan fingerprint density at radius 2 is 1.84 bits per heavy atom. The van der Waals surface area contributed by atoms with E-state index in [2.05, 4.69) is 0 Å². The Kier molecular flexibility index (Phi) is 5.49. The number of para-hydroxylation sites is 1. The third kappa shape index (κ3) is 4.64. The zero-order chi connectivity index (χ0) is 18.4. The van der Waals surface area contributed by atoms with Crippen LogP contribution in [0, 0.1) is 11.3 Å². The van der Waals surface area contributed by atoms with Crippen LogP contribution in [0.4, 0.5) is 13.2 Å². The number of hydrogen-bond acceptors (Lipinski definition) is 5. The van der Waals surface area contributed by atoms with Crippen molar-refractivity contribution in [2.75, 3.05) is 13.7 Å². The fourth-order valence-electron chi connectivity index (χ4n) is 1.94. The highest BCUT2D eigenvalue weighted by Gasteiger charge is 2.34. The fraction of sp³-hybridized carbons (Fsp3) is 0.176. The molecule has 8 heteroatoms. The standard InChI is InChI=1S/C17H12F3NO4/c1-23-15-8-11(9-21)6-7-14(15)25-16(22)10-24-13-5-3-2-4-12(13)17(18,19)20/h2-8H,10H2,1H3. The summed E-state index contributed by atoms with van der Waals surface area (Å²) in [5.41, 5.74) is -0.689. The zero-order valence-electron chi connectivity index (χ0n) is 13.0. The number of rotatable bonds is 5. The van der Waals surface area contributed by atoms with Crippen molar-refractivity contribution in [2.24, 2.45) is 0 Å². The quantitative estimate of drug-likeness (QED) is 0.608. The molecule has 0 aliphatic heterocycles. The summed E-state index contributed by atoms with van der Waals surface area (Å²) in [6.45, 7) is -0.726. The largest absolute Gasteiger partial charge is 0.493 e. The topological polar surface area (TPSA) is 68.5 Å². The van der Waals surface area contributed by atoms with Crippen molar-refractivity contribution in [3.8, 4) is 23.3 Å². The number of hydrogen-bond donors (Lipinski definition) is 0. The molecule has 0 aromatic heterocycles. The van der Waals surface area contributed by atoms with Crippen LogP contribution in [-0.2, 0) is 11.0 Å². The maximum atomic E-state index is 12.9. The Labute approximate surface area is 141 Å². The molecule has 0 heterocycles. The van der Waals surface area contributed by atoms with Crippen molar-refractivity contribution in [1.29, 1.82) is 5.26 Å². The minimum Gasteiger partial charge on any atom is -0.493 e. The zero-order valence-corrected chi connectivity index (χ0v) is 13.0. The summed E-state index contributed by atoms with van der Waals surface area (Å²) < 4.78 is 53.5. The fourth-order valence-corrected chi connectivity index (χ4v) is 1.94. The van der Waals surface area contributed by atoms with Crippen molar-refractivity contribution in [2.45, 2.75) is 6.18 Å². The maximum Gasteiger partial charge on any atom is 0.419 e. The molecule has 0 radical (unpaired) electrons. The van der Waals surface area contributed by atoms with Crippen LogP contribution < -0.4 is 14.2 Å². The van der Waals surface area contributed by atoms with Crippen LogP contribution in [0.1, 0.15) is 11.1 Å². The lowest BCUT2D eigenvalue weighted by Gasteiger charge is -2.14. The minimum atomic E-state index is -4.60. The van der Waals surface area contributed by atoms with E-state index in [1.165, 1.54) is 37.4 Å². The molecule has 0 saturated heterocycles. The van der Waals surface area contributed by atoms with Gasteiger partial charge in [-0.1, -0.05) is 12.1 Å². The van der Waals surface area contributed by atoms with Crippen LogP contribution in [0.5, 0.6) is 17.2 Å². The molecule has 5 nitrogen and oxygen atoms in total. The van der Waals surface area contributed by atoms with E-state index in [0.717, 1.165) is 12.1 Å². The van der Waals surface area contributed by atoms with Gasteiger partial charge in [-0.25, -0.2) is 4.79 Å². The van der Waals surface area contributed by atoms with Crippen LogP contribution >= 0.6 is 0 Å². The van der Waals surface area contributed by atoms with Gasteiger partial charge in [-0.15, -0.1) is 0 Å². The lowest BCUT2D eigenvalue weighted by molar-refractivity contribution is -0.142. The van der Waals surface area contributed by atoms with Gasteiger partial charge in [0.25, 0.3) is 0 Å². The van der Waals surface area contributed by atoms with Gasteiger partial charge in [-0.3, -0.25) is 0 Å². The number of halogens is 3. The monoisotopic (exact) mass is 351 g/mol. The number of alkyl halides is 3. The van der Waals surface area contributed by atoms with E-state index >= 15 is 0 Å². The summed E-state index contributed by atoms with van der Waals surface area (Å²) in [6, 6.07) is 10.6. The summed E-state index contributed by atoms with van der Waals surface area (Å²) in [5.74, 6) is -1.22. The summed E-state index contributed by atoms with van der Waals surface area (Å²) in [6.07, 6.45) is -4.60. The van der Waals surface area contributed by atoms with E-state index in [9.17, 15) is 18.0 Å². The van der Waals surface area contributed by atoms with Crippen LogP contribution in [0.2, 0.25) is 0 Å². The molecule has 130 valence electrons. The average molecular weight is 351 g/mol. The Balaban J connectivity index is 2.07. The number of esters is 1. The molecule has 0 fully saturated rings. The summed E-state index contributed by atoms with van der Waals surface area (Å²) >= 11 is 0. The highest BCUT2D eigenvalue weighted by molar-refractivity contribution is 5.75. The summed E-state index contributed by atoms with van der Waals surface area (Å²) in [5, 5.41) is 8.81. The number of carbonyl (C=O) groups excluding carboxylic acids is 1. The van der Waals surface area contributed by atoms with E-state index < -0.39 is 30.1 Å². The number of benzene rings is 2. The molecule has 0 spiro atoms. The normalized spacial score (nSPS) is 10.7. The number of ether oxygens (including phenoxy) is 3. The van der Waals surface area contributed by atoms with Gasteiger partial charge in [0.15, 0.2) is 18.1 Å². The second-order valence-corrected chi connectivity index (χ2v) is 4.73. The van der Waals surface area contributed by atoms with Crippen molar-refractivity contribution >= 4 is 5.97 Å². The van der Waals surface area contributed by atoms with Crippen LogP contribution in [0.3, 0.4) is 0 Å². The van der Waals surface area contributed by atoms with E-state index in [-0.39, 0.29) is 11.5 Å². The molecule has 0 bridgehead atoms. The van der Waals surface area contributed by atoms with Gasteiger partial charge in [-0.05, 0) is 24.3 Å². The molecular formula is C17H12F3NO4. The summed E-state index contributed by atoms with van der Waals surface area (Å²) in [4.78, 5) is 11.8. The Morgan fingerprint density at radius 1 is 1.12 bits per heavy atom. The molecule has 0 aliphatic rings. The van der Waals surface area contributed by atoms with Crippen LogP contribution in [0.25, 0.3) is 0 Å². The highest BCUT2D eigenvalue weighted by atomic mass is 19.4. The first-order valence-electron chi connectivity index (χ1n) is 6.93. The molecule has 0 N–H and O–H groups in total. The SMILES string of the molecule is COc1cc(C#N)ccc1OC(=O)COc1ccccc1C(F)(F)F. The van der Waals surface area contributed by atoms with E-state index in [4.69, 9.17) is 19.5 Å². The van der Waals surface area contributed by atoms with Gasteiger partial charge in [-0.2, -0.15) is 18.4 Å². The molecule has 0 amide bonds. The second kappa shape index (κ2) is 7.57. The molecule has 0 saturated carbocycles. The smallest absolute Gasteiger partial charge is 0.419 e. The van der Waals surface area contributed by atoms with Gasteiger partial charge in [0.1, 0.15) is 5.75 Å². The van der Waals surface area contributed by atoms with Crippen molar-refractivity contribution in [3.05, 3.63) is 53.6 Å². The number of carbonyl (C=O) groups is 1. The van der Waals surface area contributed by atoms with Gasteiger partial charge >= 0.3 is 12.1 Å². The van der Waals surface area contributed by atoms with Crippen molar-refractivity contribution in [1.82, 2.24) is 0 Å². The Hall–Kier alpha value is -3.21. The number of nitrogens with zero attached hydrogens (tertiary/aromatic N) is 1. The second-order valence-electron chi connectivity index (χ2n) is 4.73. The van der Waals surface area contributed by atoms with E-state index in [1.807, 2.05) is 6.07 Å². The summed E-state index contributed by atoms with van der Waals surface area (Å²) in [7, 11) is 1.32. The predicted octanol–water partition coefficient (Wildman–Crippen LogP) is 3.57. The first-order valence-corrected chi connectivity index (χ1v) is 6.93. The lowest BCUT2D eigenvalue weighted by atomic mass is 10.2. The van der Waals surface area contributed by atoms with E-state index in [1.54, 1.807) is 0 Å².